The molecule has 2 N–H and O–H groups in total. The van der Waals surface area contributed by atoms with Gasteiger partial charge in [0, 0.05) is 23.8 Å². The van der Waals surface area contributed by atoms with Crippen molar-refractivity contribution in [3.8, 4) is 0 Å². The number of anilines is 1. The van der Waals surface area contributed by atoms with E-state index in [1.165, 1.54) is 0 Å². The lowest BCUT2D eigenvalue weighted by Crippen LogP contribution is -2.46. The predicted molar refractivity (Wildman–Crippen MR) is 92.8 cm³/mol. The van der Waals surface area contributed by atoms with E-state index in [0.29, 0.717) is 12.2 Å². The van der Waals surface area contributed by atoms with Gasteiger partial charge in [0.25, 0.3) is 0 Å². The molecule has 0 atom stereocenters. The Bertz CT molecular complexity index is 749. The van der Waals surface area contributed by atoms with Crippen LogP contribution in [-0.4, -0.2) is 43.8 Å². The number of hydrogen-bond acceptors (Lipinski definition) is 5. The highest BCUT2D eigenvalue weighted by Crippen LogP contribution is 2.26. The minimum Gasteiger partial charge on any atom is -0.472 e. The topological polar surface area (TPSA) is 79.8 Å². The first kappa shape index (κ1) is 17.0. The van der Waals surface area contributed by atoms with E-state index in [2.05, 4.69) is 11.9 Å². The number of rotatable bonds is 5. The second kappa shape index (κ2) is 6.96. The number of sulfonamides is 1. The maximum absolute atomic E-state index is 13.2. The molecule has 1 aliphatic rings. The van der Waals surface area contributed by atoms with Crippen LogP contribution in [0.3, 0.4) is 0 Å². The van der Waals surface area contributed by atoms with Crippen molar-refractivity contribution in [1.29, 1.82) is 0 Å². The van der Waals surface area contributed by atoms with Gasteiger partial charge in [0.05, 0.1) is 17.4 Å². The fourth-order valence-electron chi connectivity index (χ4n) is 3.03. The molecule has 0 unspecified atom stereocenters. The highest BCUT2D eigenvalue weighted by Gasteiger charge is 2.33. The first-order valence-electron chi connectivity index (χ1n) is 8.04. The monoisotopic (exact) mass is 349 g/mol. The molecule has 0 saturated carbocycles. The molecule has 0 spiro atoms. The number of piperidine rings is 1. The average Bonchev–Trinajstić information content (AvgIpc) is 3.07. The van der Waals surface area contributed by atoms with Crippen molar-refractivity contribution in [2.45, 2.75) is 30.3 Å². The number of hydrogen-bond donors (Lipinski definition) is 1. The summed E-state index contributed by atoms with van der Waals surface area (Å²) in [4.78, 5) is 2.50. The van der Waals surface area contributed by atoms with Crippen LogP contribution in [0.1, 0.15) is 18.4 Å². The SMILES string of the molecule is CN1CCC(N(Cc2ccoc2)S(=O)(=O)c2ccc(N)cc2)CC1. The third-order valence-electron chi connectivity index (χ3n) is 4.50. The molecule has 1 aromatic carbocycles. The van der Waals surface area contributed by atoms with Crippen molar-refractivity contribution < 1.29 is 12.8 Å². The van der Waals surface area contributed by atoms with Crippen molar-refractivity contribution in [2.24, 2.45) is 0 Å². The van der Waals surface area contributed by atoms with E-state index >= 15 is 0 Å². The van der Waals surface area contributed by atoms with Gasteiger partial charge >= 0.3 is 0 Å². The molecule has 2 aromatic rings. The van der Waals surface area contributed by atoms with Crippen LogP contribution >= 0.6 is 0 Å². The Morgan fingerprint density at radius 1 is 1.21 bits per heavy atom. The molecule has 1 fully saturated rings. The van der Waals surface area contributed by atoms with E-state index in [9.17, 15) is 8.42 Å². The van der Waals surface area contributed by atoms with Crippen LogP contribution < -0.4 is 5.73 Å². The van der Waals surface area contributed by atoms with Gasteiger partial charge in [0.15, 0.2) is 0 Å². The third-order valence-corrected chi connectivity index (χ3v) is 6.41. The molecule has 3 rings (SSSR count). The zero-order chi connectivity index (χ0) is 17.2. The molecule has 1 aromatic heterocycles. The van der Waals surface area contributed by atoms with Crippen LogP contribution in [0.2, 0.25) is 0 Å². The van der Waals surface area contributed by atoms with Crippen LogP contribution in [0, 0.1) is 0 Å². The fraction of sp³-hybridized carbons (Fsp3) is 0.412. The van der Waals surface area contributed by atoms with Gasteiger partial charge in [0.1, 0.15) is 0 Å². The highest BCUT2D eigenvalue weighted by molar-refractivity contribution is 7.89. The molecule has 0 bridgehead atoms. The Morgan fingerprint density at radius 2 is 1.88 bits per heavy atom. The van der Waals surface area contributed by atoms with Gasteiger partial charge < -0.3 is 15.1 Å². The lowest BCUT2D eigenvalue weighted by molar-refractivity contribution is 0.179. The van der Waals surface area contributed by atoms with Crippen molar-refractivity contribution in [2.75, 3.05) is 25.9 Å². The lowest BCUT2D eigenvalue weighted by atomic mass is 10.1. The van der Waals surface area contributed by atoms with E-state index in [1.807, 2.05) is 0 Å². The fourth-order valence-corrected chi connectivity index (χ4v) is 4.70. The third kappa shape index (κ3) is 3.63. The molecular formula is C17H23N3O3S. The number of nitrogens with zero attached hydrogens (tertiary/aromatic N) is 2. The zero-order valence-corrected chi connectivity index (χ0v) is 14.6. The molecule has 2 heterocycles. The predicted octanol–water partition coefficient (Wildman–Crippen LogP) is 2.15. The minimum atomic E-state index is -3.59. The van der Waals surface area contributed by atoms with E-state index < -0.39 is 10.0 Å². The second-order valence-corrected chi connectivity index (χ2v) is 8.18. The minimum absolute atomic E-state index is 0.0151. The van der Waals surface area contributed by atoms with Gasteiger partial charge in [-0.15, -0.1) is 0 Å². The van der Waals surface area contributed by atoms with Crippen LogP contribution in [0.4, 0.5) is 5.69 Å². The van der Waals surface area contributed by atoms with E-state index in [0.717, 1.165) is 31.5 Å². The van der Waals surface area contributed by atoms with Crippen molar-refractivity contribution >= 4 is 15.7 Å². The van der Waals surface area contributed by atoms with Gasteiger partial charge in [-0.05, 0) is 63.3 Å². The molecule has 1 aliphatic heterocycles. The smallest absolute Gasteiger partial charge is 0.243 e. The highest BCUT2D eigenvalue weighted by atomic mass is 32.2. The van der Waals surface area contributed by atoms with Crippen molar-refractivity contribution in [1.82, 2.24) is 9.21 Å². The Hall–Kier alpha value is -1.83. The standard InChI is InChI=1S/C17H23N3O3S/c1-19-9-6-16(7-10-19)20(12-14-8-11-23-13-14)24(21,22)17-4-2-15(18)3-5-17/h2-5,8,11,13,16H,6-7,9-10,12,18H2,1H3. The summed E-state index contributed by atoms with van der Waals surface area (Å²) in [7, 11) is -1.53. The number of benzene rings is 1. The van der Waals surface area contributed by atoms with Gasteiger partial charge in [-0.1, -0.05) is 0 Å². The van der Waals surface area contributed by atoms with E-state index in [4.69, 9.17) is 10.2 Å². The van der Waals surface area contributed by atoms with E-state index in [1.54, 1.807) is 47.2 Å². The first-order valence-corrected chi connectivity index (χ1v) is 9.48. The number of nitrogen functional groups attached to an aromatic ring is 1. The summed E-state index contributed by atoms with van der Waals surface area (Å²) in [5.74, 6) is 0. The van der Waals surface area contributed by atoms with Gasteiger partial charge in [-0.3, -0.25) is 0 Å². The summed E-state index contributed by atoms with van der Waals surface area (Å²) in [6.45, 7) is 2.10. The second-order valence-electron chi connectivity index (χ2n) is 6.29. The van der Waals surface area contributed by atoms with Crippen molar-refractivity contribution in [3.05, 3.63) is 48.4 Å². The van der Waals surface area contributed by atoms with Gasteiger partial charge in [-0.2, -0.15) is 4.31 Å². The number of nitrogens with two attached hydrogens (primary N) is 1. The quantitative estimate of drug-likeness (QED) is 0.837. The van der Waals surface area contributed by atoms with Crippen LogP contribution in [-0.2, 0) is 16.6 Å². The number of likely N-dealkylation sites (tertiary alicyclic amines) is 1. The largest absolute Gasteiger partial charge is 0.472 e. The Morgan fingerprint density at radius 3 is 2.46 bits per heavy atom. The molecular weight excluding hydrogens is 326 g/mol. The maximum Gasteiger partial charge on any atom is 0.243 e. The molecule has 0 amide bonds. The first-order chi connectivity index (χ1) is 11.5. The van der Waals surface area contributed by atoms with E-state index in [-0.39, 0.29) is 10.9 Å². The summed E-state index contributed by atoms with van der Waals surface area (Å²) in [5, 5.41) is 0. The van der Waals surface area contributed by atoms with Crippen LogP contribution in [0.5, 0.6) is 0 Å². The Kier molecular flexibility index (Phi) is 4.93. The molecule has 7 heteroatoms. The van der Waals surface area contributed by atoms with Crippen LogP contribution in [0.15, 0.2) is 52.2 Å². The lowest BCUT2D eigenvalue weighted by Gasteiger charge is -2.36. The summed E-state index contributed by atoms with van der Waals surface area (Å²) < 4.78 is 33.1. The summed E-state index contributed by atoms with van der Waals surface area (Å²) >= 11 is 0. The van der Waals surface area contributed by atoms with Crippen LogP contribution in [0.25, 0.3) is 0 Å². The Balaban J connectivity index is 1.92. The molecule has 0 aliphatic carbocycles. The van der Waals surface area contributed by atoms with Gasteiger partial charge in [0.2, 0.25) is 10.0 Å². The average molecular weight is 349 g/mol. The molecule has 130 valence electrons. The summed E-state index contributed by atoms with van der Waals surface area (Å²) in [6, 6.07) is 8.18. The number of furan rings is 1. The summed E-state index contributed by atoms with van der Waals surface area (Å²) in [6.07, 6.45) is 4.81. The summed E-state index contributed by atoms with van der Waals surface area (Å²) in [5.41, 5.74) is 7.09. The van der Waals surface area contributed by atoms with Crippen molar-refractivity contribution in [3.63, 3.8) is 0 Å². The molecule has 6 nitrogen and oxygen atoms in total. The Labute approximate surface area is 142 Å². The van der Waals surface area contributed by atoms with Gasteiger partial charge in [-0.25, -0.2) is 8.42 Å². The zero-order valence-electron chi connectivity index (χ0n) is 13.8. The normalized spacial score (nSPS) is 17.4. The molecule has 0 radical (unpaired) electrons. The molecule has 24 heavy (non-hydrogen) atoms. The maximum atomic E-state index is 13.2. The molecule has 1 saturated heterocycles.